The molecule has 2 amide bonds. The van der Waals surface area contributed by atoms with Crippen molar-refractivity contribution in [3.05, 3.63) is 53.4 Å². The molecule has 1 aliphatic heterocycles. The number of hydrogen-bond acceptors (Lipinski definition) is 3. The van der Waals surface area contributed by atoms with Crippen molar-refractivity contribution in [2.75, 3.05) is 16.8 Å². The van der Waals surface area contributed by atoms with E-state index < -0.39 is 11.7 Å². The van der Waals surface area contributed by atoms with Gasteiger partial charge in [0, 0.05) is 25.7 Å². The third kappa shape index (κ3) is 3.38. The maximum absolute atomic E-state index is 13.2. The number of aromatic nitrogens is 3. The molecule has 9 heteroatoms. The van der Waals surface area contributed by atoms with Crippen molar-refractivity contribution in [3.8, 4) is 11.4 Å². The number of nitrogens with one attached hydrogen (secondary N) is 1. The number of hydrogen-bond donors (Lipinski definition) is 1. The lowest BCUT2D eigenvalue weighted by Gasteiger charge is -2.26. The van der Waals surface area contributed by atoms with Crippen molar-refractivity contribution in [3.63, 3.8) is 0 Å². The van der Waals surface area contributed by atoms with Crippen molar-refractivity contribution in [1.82, 2.24) is 14.3 Å². The summed E-state index contributed by atoms with van der Waals surface area (Å²) >= 11 is 5.95. The minimum Gasteiger partial charge on any atom is -0.349 e. The molecule has 0 bridgehead atoms. The largest absolute Gasteiger partial charge is 0.349 e. The zero-order valence-electron chi connectivity index (χ0n) is 15.0. The zero-order valence-corrected chi connectivity index (χ0v) is 15.8. The van der Waals surface area contributed by atoms with Crippen LogP contribution in [0.2, 0.25) is 5.02 Å². The Bertz CT molecular complexity index is 1070. The molecular formula is C19H17ClFN5O2. The van der Waals surface area contributed by atoms with Crippen LogP contribution in [0.3, 0.4) is 0 Å². The van der Waals surface area contributed by atoms with Crippen molar-refractivity contribution in [2.45, 2.75) is 13.0 Å². The van der Waals surface area contributed by atoms with Gasteiger partial charge < -0.3 is 9.88 Å². The summed E-state index contributed by atoms with van der Waals surface area (Å²) in [5.74, 6) is -0.526. The van der Waals surface area contributed by atoms with Gasteiger partial charge in [0.25, 0.3) is 0 Å². The highest BCUT2D eigenvalue weighted by molar-refractivity contribution is 6.33. The van der Waals surface area contributed by atoms with Crippen LogP contribution in [-0.2, 0) is 23.2 Å². The molecule has 1 aliphatic rings. The molecule has 0 fully saturated rings. The van der Waals surface area contributed by atoms with E-state index in [4.69, 9.17) is 11.6 Å². The van der Waals surface area contributed by atoms with Crippen molar-refractivity contribution < 1.29 is 14.0 Å². The monoisotopic (exact) mass is 401 g/mol. The van der Waals surface area contributed by atoms with Gasteiger partial charge >= 0.3 is 0 Å². The summed E-state index contributed by atoms with van der Waals surface area (Å²) in [7, 11) is 1.91. The van der Waals surface area contributed by atoms with Crippen LogP contribution in [-0.4, -0.2) is 32.7 Å². The van der Waals surface area contributed by atoms with Crippen molar-refractivity contribution >= 4 is 34.9 Å². The van der Waals surface area contributed by atoms with E-state index in [0.29, 0.717) is 12.4 Å². The smallest absolute Gasteiger partial charge is 0.244 e. The summed E-state index contributed by atoms with van der Waals surface area (Å²) in [6.45, 7) is 0.269. The van der Waals surface area contributed by atoms with Gasteiger partial charge in [-0.15, -0.1) is 0 Å². The lowest BCUT2D eigenvalue weighted by Crippen LogP contribution is -2.42. The van der Waals surface area contributed by atoms with Crippen LogP contribution in [0.15, 0.2) is 42.6 Å². The third-order valence-corrected chi connectivity index (χ3v) is 4.90. The fourth-order valence-electron chi connectivity index (χ4n) is 3.20. The second kappa shape index (κ2) is 7.12. The van der Waals surface area contributed by atoms with Gasteiger partial charge in [-0.2, -0.15) is 5.10 Å². The van der Waals surface area contributed by atoms with E-state index >= 15 is 0 Å². The highest BCUT2D eigenvalue weighted by atomic mass is 35.5. The lowest BCUT2D eigenvalue weighted by atomic mass is 10.2. The molecule has 0 saturated carbocycles. The number of nitrogens with zero attached hydrogens (tertiary/aromatic N) is 4. The van der Waals surface area contributed by atoms with Gasteiger partial charge in [-0.3, -0.25) is 14.5 Å². The molecule has 3 heterocycles. The maximum atomic E-state index is 13.2. The van der Waals surface area contributed by atoms with E-state index in [9.17, 15) is 14.0 Å². The Balaban J connectivity index is 1.57. The van der Waals surface area contributed by atoms with Gasteiger partial charge in [-0.1, -0.05) is 11.6 Å². The number of benzene rings is 1. The zero-order chi connectivity index (χ0) is 19.8. The van der Waals surface area contributed by atoms with E-state index in [1.165, 1.54) is 17.0 Å². The summed E-state index contributed by atoms with van der Waals surface area (Å²) in [4.78, 5) is 26.3. The molecule has 1 aromatic carbocycles. The van der Waals surface area contributed by atoms with Gasteiger partial charge in [0.1, 0.15) is 23.9 Å². The molecule has 0 spiro atoms. The predicted molar refractivity (Wildman–Crippen MR) is 104 cm³/mol. The molecule has 0 radical (unpaired) electrons. The molecule has 7 nitrogen and oxygen atoms in total. The van der Waals surface area contributed by atoms with E-state index in [2.05, 4.69) is 10.4 Å². The molecule has 0 saturated heterocycles. The minimum absolute atomic E-state index is 0.0920. The molecule has 3 aromatic rings. The second-order valence-corrected chi connectivity index (χ2v) is 6.92. The van der Waals surface area contributed by atoms with E-state index in [0.717, 1.165) is 17.5 Å². The Kier molecular flexibility index (Phi) is 4.64. The molecule has 0 aliphatic carbocycles. The van der Waals surface area contributed by atoms with Crippen LogP contribution in [0.4, 0.5) is 15.9 Å². The number of halogens is 2. The predicted octanol–water partition coefficient (Wildman–Crippen LogP) is 3.06. The highest BCUT2D eigenvalue weighted by Crippen LogP contribution is 2.28. The number of rotatable bonds is 4. The first kappa shape index (κ1) is 18.2. The molecule has 0 unspecified atom stereocenters. The van der Waals surface area contributed by atoms with Crippen LogP contribution in [0.25, 0.3) is 11.4 Å². The molecule has 4 rings (SSSR count). The fourth-order valence-corrected chi connectivity index (χ4v) is 3.41. The minimum atomic E-state index is -0.494. The quantitative estimate of drug-likeness (QED) is 0.730. The lowest BCUT2D eigenvalue weighted by molar-refractivity contribution is -0.122. The SMILES string of the molecule is Cn1cccc1-c1cc2n(n1)CCC(=O)N2CC(=O)Nc1ccc(F)cc1Cl. The second-order valence-electron chi connectivity index (χ2n) is 6.52. The molecule has 0 atom stereocenters. The maximum Gasteiger partial charge on any atom is 0.244 e. The Morgan fingerprint density at radius 2 is 2.14 bits per heavy atom. The normalized spacial score (nSPS) is 13.5. The van der Waals surface area contributed by atoms with Crippen molar-refractivity contribution in [1.29, 1.82) is 0 Å². The van der Waals surface area contributed by atoms with Crippen LogP contribution >= 0.6 is 11.6 Å². The molecule has 2 aromatic heterocycles. The summed E-state index contributed by atoms with van der Waals surface area (Å²) < 4.78 is 16.8. The first-order valence-corrected chi connectivity index (χ1v) is 9.05. The standard InChI is InChI=1S/C19H17ClFN5O2/c1-24-7-2-3-16(24)15-10-18-25(19(28)6-8-26(18)23-15)11-17(27)22-14-5-4-12(21)9-13(14)20/h2-5,7,9-10H,6,8,11H2,1H3,(H,22,27). The third-order valence-electron chi connectivity index (χ3n) is 4.59. The van der Waals surface area contributed by atoms with E-state index in [-0.39, 0.29) is 29.6 Å². The van der Waals surface area contributed by atoms with Gasteiger partial charge in [0.15, 0.2) is 0 Å². The van der Waals surface area contributed by atoms with Gasteiger partial charge in [0.05, 0.1) is 22.9 Å². The Morgan fingerprint density at radius 3 is 2.86 bits per heavy atom. The van der Waals surface area contributed by atoms with Crippen LogP contribution < -0.4 is 10.2 Å². The van der Waals surface area contributed by atoms with Gasteiger partial charge in [0.2, 0.25) is 11.8 Å². The summed E-state index contributed by atoms with van der Waals surface area (Å²) in [5.41, 5.74) is 1.93. The van der Waals surface area contributed by atoms with E-state index in [1.807, 2.05) is 29.9 Å². The Morgan fingerprint density at radius 1 is 1.32 bits per heavy atom. The highest BCUT2D eigenvalue weighted by Gasteiger charge is 2.28. The Hall–Kier alpha value is -3.13. The summed E-state index contributed by atoms with van der Waals surface area (Å²) in [5, 5.41) is 7.27. The summed E-state index contributed by atoms with van der Waals surface area (Å²) in [6, 6.07) is 9.34. The number of carbonyl (C=O) groups excluding carboxylic acids is 2. The number of carbonyl (C=O) groups is 2. The Labute approximate surface area is 165 Å². The molecule has 1 N–H and O–H groups in total. The van der Waals surface area contributed by atoms with Crippen LogP contribution in [0.5, 0.6) is 0 Å². The van der Waals surface area contributed by atoms with Crippen LogP contribution in [0.1, 0.15) is 6.42 Å². The number of aryl methyl sites for hydroxylation is 2. The first-order valence-electron chi connectivity index (χ1n) is 8.67. The van der Waals surface area contributed by atoms with Crippen molar-refractivity contribution in [2.24, 2.45) is 7.05 Å². The molecular weight excluding hydrogens is 385 g/mol. The number of amides is 2. The van der Waals surface area contributed by atoms with Crippen LogP contribution in [0, 0.1) is 5.82 Å². The van der Waals surface area contributed by atoms with E-state index in [1.54, 1.807) is 10.7 Å². The topological polar surface area (TPSA) is 72.2 Å². The number of fused-ring (bicyclic) bond motifs is 1. The van der Waals surface area contributed by atoms with Gasteiger partial charge in [-0.05, 0) is 30.3 Å². The average molecular weight is 402 g/mol. The first-order chi connectivity index (χ1) is 13.4. The number of anilines is 2. The summed E-state index contributed by atoms with van der Waals surface area (Å²) in [6.07, 6.45) is 2.17. The molecule has 144 valence electrons. The average Bonchev–Trinajstić information content (AvgIpc) is 3.26. The van der Waals surface area contributed by atoms with Gasteiger partial charge in [-0.25, -0.2) is 9.07 Å². The molecule has 28 heavy (non-hydrogen) atoms. The fraction of sp³-hybridized carbons (Fsp3) is 0.211.